The number of alkyl halides is 2. The van der Waals surface area contributed by atoms with Gasteiger partial charge in [0.05, 0.1) is 24.7 Å². The third-order valence-corrected chi connectivity index (χ3v) is 10.5. The van der Waals surface area contributed by atoms with Crippen molar-refractivity contribution in [1.82, 2.24) is 20.2 Å². The maximum atomic E-state index is 16.1. The predicted molar refractivity (Wildman–Crippen MR) is 171 cm³/mol. The van der Waals surface area contributed by atoms with Gasteiger partial charge in [-0.2, -0.15) is 0 Å². The predicted octanol–water partition coefficient (Wildman–Crippen LogP) is 7.27. The molecule has 1 aromatic carbocycles. The highest BCUT2D eigenvalue weighted by Gasteiger charge is 2.48. The summed E-state index contributed by atoms with van der Waals surface area (Å²) in [5, 5.41) is 2.93. The second-order valence-corrected chi connectivity index (χ2v) is 14.7. The van der Waals surface area contributed by atoms with Crippen molar-refractivity contribution in [2.75, 3.05) is 13.7 Å². The molecule has 2 fully saturated rings. The molecule has 1 aromatic heterocycles. The molecule has 1 saturated carbocycles. The third kappa shape index (κ3) is 6.88. The number of alkyl carbamates (subject to hydrolysis) is 1. The zero-order chi connectivity index (χ0) is 33.4. The molecule has 3 heterocycles. The van der Waals surface area contributed by atoms with Gasteiger partial charge >= 0.3 is 6.09 Å². The van der Waals surface area contributed by atoms with Crippen LogP contribution in [-0.4, -0.2) is 70.5 Å². The molecule has 2 aliphatic heterocycles. The van der Waals surface area contributed by atoms with Crippen molar-refractivity contribution < 1.29 is 32.6 Å². The molecule has 0 radical (unpaired) electrons. The number of methoxy groups -OCH3 is 1. The van der Waals surface area contributed by atoms with E-state index in [1.54, 1.807) is 23.1 Å². The number of amides is 2. The van der Waals surface area contributed by atoms with Crippen LogP contribution >= 0.6 is 0 Å². The van der Waals surface area contributed by atoms with Crippen LogP contribution in [0.1, 0.15) is 105 Å². The van der Waals surface area contributed by atoms with Crippen LogP contribution in [0.5, 0.6) is 11.6 Å². The maximum Gasteiger partial charge on any atom is 0.408 e. The third-order valence-electron chi connectivity index (χ3n) is 10.5. The van der Waals surface area contributed by atoms with Crippen LogP contribution in [0.2, 0.25) is 0 Å². The standard InChI is InChI=1S/C35H50F2N4O5/c1-8-23-20(2)41-19-27(23)45-31-29(38-25-16-15-22(44-7)18-26(25)39-31)28(37)24(36)14-10-9-12-21-13-11-17-35(21,6)46-33(43)40-30(32(41)42)34(3,4)5/h15-16,18,20-21,23-24,27-28,30H,8-14,17,19H2,1-7H3,(H,40,43)/t20-,21-,23?,24?,27+,28?,30-,35-/m1/s1. The number of hydrogen-bond donors (Lipinski definition) is 1. The fourth-order valence-corrected chi connectivity index (χ4v) is 7.64. The smallest absolute Gasteiger partial charge is 0.408 e. The van der Waals surface area contributed by atoms with E-state index in [-0.39, 0.29) is 48.3 Å². The summed E-state index contributed by atoms with van der Waals surface area (Å²) in [5.41, 5.74) is -0.641. The molecule has 5 rings (SSSR count). The Kier molecular flexibility index (Phi) is 9.99. The molecule has 254 valence electrons. The summed E-state index contributed by atoms with van der Waals surface area (Å²) in [6.07, 6.45) is 0.0564. The first-order valence-electron chi connectivity index (χ1n) is 16.9. The van der Waals surface area contributed by atoms with Gasteiger partial charge in [0.25, 0.3) is 0 Å². The van der Waals surface area contributed by atoms with Gasteiger partial charge < -0.3 is 24.4 Å². The number of benzene rings is 1. The molecule has 3 aliphatic rings. The van der Waals surface area contributed by atoms with E-state index < -0.39 is 41.6 Å². The zero-order valence-corrected chi connectivity index (χ0v) is 28.3. The number of hydrogen-bond acceptors (Lipinski definition) is 7. The number of rotatable bonds is 2. The summed E-state index contributed by atoms with van der Waals surface area (Å²) in [5.74, 6) is 0.198. The highest BCUT2D eigenvalue weighted by atomic mass is 19.2. The van der Waals surface area contributed by atoms with Crippen molar-refractivity contribution in [3.05, 3.63) is 23.9 Å². The molecule has 8 atom stereocenters. The fourth-order valence-electron chi connectivity index (χ4n) is 7.64. The van der Waals surface area contributed by atoms with Gasteiger partial charge in [0.2, 0.25) is 11.8 Å². The summed E-state index contributed by atoms with van der Waals surface area (Å²) < 4.78 is 49.6. The first-order valence-corrected chi connectivity index (χ1v) is 16.9. The molecule has 2 amide bonds. The van der Waals surface area contributed by atoms with Crippen LogP contribution < -0.4 is 14.8 Å². The molecule has 1 aliphatic carbocycles. The number of nitrogens with zero attached hydrogens (tertiary/aromatic N) is 3. The monoisotopic (exact) mass is 644 g/mol. The first kappa shape index (κ1) is 34.1. The fraction of sp³-hybridized carbons (Fsp3) is 0.714. The second kappa shape index (κ2) is 13.5. The van der Waals surface area contributed by atoms with E-state index in [4.69, 9.17) is 14.2 Å². The zero-order valence-electron chi connectivity index (χ0n) is 28.3. The van der Waals surface area contributed by atoms with Gasteiger partial charge in [0.15, 0.2) is 6.17 Å². The Morgan fingerprint density at radius 2 is 1.80 bits per heavy atom. The van der Waals surface area contributed by atoms with Crippen LogP contribution in [0.15, 0.2) is 18.2 Å². The topological polar surface area (TPSA) is 103 Å². The van der Waals surface area contributed by atoms with Gasteiger partial charge in [-0.05, 0) is 75.8 Å². The molecule has 2 bridgehead atoms. The number of aromatic nitrogens is 2. The summed E-state index contributed by atoms with van der Waals surface area (Å²) in [6.45, 7) is 11.8. The molecule has 9 nitrogen and oxygen atoms in total. The Balaban J connectivity index is 1.55. The van der Waals surface area contributed by atoms with Crippen molar-refractivity contribution in [3.8, 4) is 11.6 Å². The molecule has 11 heteroatoms. The highest BCUT2D eigenvalue weighted by Crippen LogP contribution is 2.43. The van der Waals surface area contributed by atoms with E-state index >= 15 is 8.78 Å². The quantitative estimate of drug-likeness (QED) is 0.367. The van der Waals surface area contributed by atoms with Crippen molar-refractivity contribution in [2.24, 2.45) is 17.3 Å². The van der Waals surface area contributed by atoms with Gasteiger partial charge in [-0.25, -0.2) is 23.5 Å². The van der Waals surface area contributed by atoms with E-state index in [0.717, 1.165) is 19.3 Å². The summed E-state index contributed by atoms with van der Waals surface area (Å²) in [4.78, 5) is 38.6. The van der Waals surface area contributed by atoms with E-state index in [2.05, 4.69) is 15.3 Å². The van der Waals surface area contributed by atoms with E-state index in [1.165, 1.54) is 7.11 Å². The van der Waals surface area contributed by atoms with Gasteiger partial charge in [0.1, 0.15) is 35.4 Å². The lowest BCUT2D eigenvalue weighted by Crippen LogP contribution is -2.56. The van der Waals surface area contributed by atoms with Crippen LogP contribution in [0.3, 0.4) is 0 Å². The maximum absolute atomic E-state index is 16.1. The van der Waals surface area contributed by atoms with Crippen molar-refractivity contribution in [1.29, 1.82) is 0 Å². The average molecular weight is 645 g/mol. The number of carbonyl (C=O) groups is 2. The Hall–Kier alpha value is -3.24. The van der Waals surface area contributed by atoms with Gasteiger partial charge in [0, 0.05) is 18.0 Å². The summed E-state index contributed by atoms with van der Waals surface area (Å²) in [6, 6.07) is 3.95. The van der Waals surface area contributed by atoms with Crippen LogP contribution in [0.25, 0.3) is 11.0 Å². The first-order chi connectivity index (χ1) is 21.8. The lowest BCUT2D eigenvalue weighted by Gasteiger charge is -2.37. The van der Waals surface area contributed by atoms with Crippen molar-refractivity contribution in [2.45, 2.75) is 129 Å². The van der Waals surface area contributed by atoms with E-state index in [1.807, 2.05) is 41.5 Å². The number of fused-ring (bicyclic) bond motifs is 5. The molecular weight excluding hydrogens is 594 g/mol. The van der Waals surface area contributed by atoms with Crippen LogP contribution in [0, 0.1) is 17.3 Å². The SMILES string of the molecule is CCC1[C@@H]2CN(C(=O)[C@H](C(C)(C)C)NC(=O)O[C@]3(C)CCC[C@H]3CCCCC(F)C(F)c3nc4ccc(OC)cc4nc3O2)[C@@H]1C. The molecule has 3 unspecified atom stereocenters. The molecule has 0 spiro atoms. The minimum absolute atomic E-state index is 0.0152. The van der Waals surface area contributed by atoms with Gasteiger partial charge in [-0.3, -0.25) is 4.79 Å². The molecule has 1 saturated heterocycles. The minimum atomic E-state index is -2.04. The Morgan fingerprint density at radius 1 is 1.09 bits per heavy atom. The largest absolute Gasteiger partial charge is 0.497 e. The average Bonchev–Trinajstić information content (AvgIpc) is 3.52. The van der Waals surface area contributed by atoms with Crippen molar-refractivity contribution in [3.63, 3.8) is 0 Å². The molecule has 2 aromatic rings. The highest BCUT2D eigenvalue weighted by molar-refractivity contribution is 5.87. The van der Waals surface area contributed by atoms with Gasteiger partial charge in [-0.1, -0.05) is 40.5 Å². The number of halogens is 2. The lowest BCUT2D eigenvalue weighted by molar-refractivity contribution is -0.137. The van der Waals surface area contributed by atoms with E-state index in [9.17, 15) is 9.59 Å². The number of ether oxygens (including phenoxy) is 3. The Morgan fingerprint density at radius 3 is 2.50 bits per heavy atom. The normalized spacial score (nSPS) is 33.2. The summed E-state index contributed by atoms with van der Waals surface area (Å²) in [7, 11) is 1.54. The van der Waals surface area contributed by atoms with Crippen LogP contribution in [-0.2, 0) is 9.53 Å². The Bertz CT molecular complexity index is 1420. The minimum Gasteiger partial charge on any atom is -0.497 e. The van der Waals surface area contributed by atoms with E-state index in [0.29, 0.717) is 42.5 Å². The number of carbonyl (C=O) groups excluding carboxylic acids is 2. The lowest BCUT2D eigenvalue weighted by atomic mass is 9.85. The molecular formula is C35H50F2N4O5. The Labute approximate surface area is 271 Å². The number of nitrogens with one attached hydrogen (secondary N) is 1. The molecule has 46 heavy (non-hydrogen) atoms. The second-order valence-electron chi connectivity index (χ2n) is 14.7. The summed E-state index contributed by atoms with van der Waals surface area (Å²) >= 11 is 0. The van der Waals surface area contributed by atoms with Gasteiger partial charge in [-0.15, -0.1) is 0 Å². The molecule has 1 N–H and O–H groups in total. The van der Waals surface area contributed by atoms with Crippen molar-refractivity contribution >= 4 is 23.0 Å². The van der Waals surface area contributed by atoms with Crippen LogP contribution in [0.4, 0.5) is 13.6 Å².